The Bertz CT molecular complexity index is 284. The molecule has 0 aliphatic rings. The van der Waals surface area contributed by atoms with Gasteiger partial charge in [-0.2, -0.15) is 0 Å². The number of methoxy groups -OCH3 is 1. The van der Waals surface area contributed by atoms with E-state index in [-0.39, 0.29) is 5.41 Å². The fourth-order valence-electron chi connectivity index (χ4n) is 1.27. The molecular formula is C12H19NO. The Kier molecular flexibility index (Phi) is 3.14. The molecule has 0 saturated carbocycles. The summed E-state index contributed by atoms with van der Waals surface area (Å²) in [6, 6.07) is 4.00. The predicted octanol–water partition coefficient (Wildman–Crippen LogP) is 3.24. The van der Waals surface area contributed by atoms with Gasteiger partial charge in [0, 0.05) is 12.3 Å². The van der Waals surface area contributed by atoms with E-state index in [1.165, 1.54) is 5.56 Å². The molecule has 1 aromatic rings. The maximum atomic E-state index is 5.02. The average Bonchev–Trinajstić information content (AvgIpc) is 2.15. The fourth-order valence-corrected chi connectivity index (χ4v) is 1.27. The van der Waals surface area contributed by atoms with Crippen LogP contribution in [-0.4, -0.2) is 12.1 Å². The SMILES string of the molecule is COc1ccc(C(C)C(C)(C)C)cn1. The molecular weight excluding hydrogens is 174 g/mol. The molecule has 0 spiro atoms. The van der Waals surface area contributed by atoms with E-state index in [9.17, 15) is 0 Å². The van der Waals surface area contributed by atoms with Crippen molar-refractivity contribution in [2.45, 2.75) is 33.6 Å². The van der Waals surface area contributed by atoms with E-state index < -0.39 is 0 Å². The summed E-state index contributed by atoms with van der Waals surface area (Å²) in [6.07, 6.45) is 1.90. The molecule has 1 atom stereocenters. The van der Waals surface area contributed by atoms with E-state index in [0.717, 1.165) is 0 Å². The molecule has 0 fully saturated rings. The standard InChI is InChI=1S/C12H19NO/c1-9(12(2,3)4)10-6-7-11(14-5)13-8-10/h6-9H,1-5H3. The number of ether oxygens (including phenoxy) is 1. The lowest BCUT2D eigenvalue weighted by Crippen LogP contribution is -2.15. The molecule has 1 heterocycles. The molecule has 0 bridgehead atoms. The van der Waals surface area contributed by atoms with Gasteiger partial charge in [-0.25, -0.2) is 4.98 Å². The van der Waals surface area contributed by atoms with E-state index in [4.69, 9.17) is 4.74 Å². The van der Waals surface area contributed by atoms with Gasteiger partial charge in [-0.3, -0.25) is 0 Å². The molecule has 78 valence electrons. The zero-order valence-electron chi connectivity index (χ0n) is 9.66. The Morgan fingerprint density at radius 3 is 2.29 bits per heavy atom. The van der Waals surface area contributed by atoms with Gasteiger partial charge in [-0.1, -0.05) is 33.8 Å². The predicted molar refractivity (Wildman–Crippen MR) is 58.7 cm³/mol. The number of nitrogens with zero attached hydrogens (tertiary/aromatic N) is 1. The van der Waals surface area contributed by atoms with Gasteiger partial charge >= 0.3 is 0 Å². The van der Waals surface area contributed by atoms with Crippen molar-refractivity contribution in [1.82, 2.24) is 4.98 Å². The Morgan fingerprint density at radius 1 is 1.29 bits per heavy atom. The summed E-state index contributed by atoms with van der Waals surface area (Å²) >= 11 is 0. The van der Waals surface area contributed by atoms with Gasteiger partial charge in [0.15, 0.2) is 0 Å². The van der Waals surface area contributed by atoms with Crippen LogP contribution in [0, 0.1) is 5.41 Å². The summed E-state index contributed by atoms with van der Waals surface area (Å²) in [7, 11) is 1.63. The Labute approximate surface area is 86.3 Å². The Balaban J connectivity index is 2.87. The third kappa shape index (κ3) is 2.47. The molecule has 0 aliphatic heterocycles. The van der Waals surface area contributed by atoms with Gasteiger partial charge in [0.25, 0.3) is 0 Å². The van der Waals surface area contributed by atoms with E-state index >= 15 is 0 Å². The van der Waals surface area contributed by atoms with Gasteiger partial charge in [0.1, 0.15) is 0 Å². The molecule has 1 aromatic heterocycles. The minimum absolute atomic E-state index is 0.274. The van der Waals surface area contributed by atoms with Gasteiger partial charge in [0.05, 0.1) is 7.11 Å². The third-order valence-electron chi connectivity index (χ3n) is 2.77. The van der Waals surface area contributed by atoms with Crippen molar-refractivity contribution < 1.29 is 4.74 Å². The van der Waals surface area contributed by atoms with Crippen LogP contribution < -0.4 is 4.74 Å². The number of aromatic nitrogens is 1. The Morgan fingerprint density at radius 2 is 1.93 bits per heavy atom. The van der Waals surface area contributed by atoms with Crippen molar-refractivity contribution in [3.8, 4) is 5.88 Å². The molecule has 0 saturated heterocycles. The van der Waals surface area contributed by atoms with Crippen molar-refractivity contribution >= 4 is 0 Å². The highest BCUT2D eigenvalue weighted by Crippen LogP contribution is 2.34. The zero-order chi connectivity index (χ0) is 10.8. The lowest BCUT2D eigenvalue weighted by molar-refractivity contribution is 0.337. The van der Waals surface area contributed by atoms with Gasteiger partial charge in [-0.15, -0.1) is 0 Å². The van der Waals surface area contributed by atoms with Crippen molar-refractivity contribution in [2.24, 2.45) is 5.41 Å². The van der Waals surface area contributed by atoms with Crippen LogP contribution in [0.3, 0.4) is 0 Å². The molecule has 2 nitrogen and oxygen atoms in total. The van der Waals surface area contributed by atoms with Crippen LogP contribution in [0.2, 0.25) is 0 Å². The maximum absolute atomic E-state index is 5.02. The first-order valence-electron chi connectivity index (χ1n) is 4.95. The van der Waals surface area contributed by atoms with Crippen LogP contribution in [0.25, 0.3) is 0 Å². The lowest BCUT2D eigenvalue weighted by atomic mass is 9.78. The van der Waals surface area contributed by atoms with Crippen LogP contribution >= 0.6 is 0 Å². The molecule has 14 heavy (non-hydrogen) atoms. The van der Waals surface area contributed by atoms with Gasteiger partial charge in [-0.05, 0) is 16.9 Å². The van der Waals surface area contributed by atoms with Crippen LogP contribution in [-0.2, 0) is 0 Å². The first kappa shape index (κ1) is 11.0. The highest BCUT2D eigenvalue weighted by Gasteiger charge is 2.21. The van der Waals surface area contributed by atoms with E-state index in [1.54, 1.807) is 7.11 Å². The fraction of sp³-hybridized carbons (Fsp3) is 0.583. The summed E-state index contributed by atoms with van der Waals surface area (Å²) < 4.78 is 5.02. The molecule has 2 heteroatoms. The van der Waals surface area contributed by atoms with Crippen molar-refractivity contribution in [3.63, 3.8) is 0 Å². The molecule has 0 aliphatic carbocycles. The molecule has 0 radical (unpaired) electrons. The second-order valence-corrected chi connectivity index (χ2v) is 4.72. The molecule has 0 N–H and O–H groups in total. The topological polar surface area (TPSA) is 22.1 Å². The molecule has 1 rings (SSSR count). The summed E-state index contributed by atoms with van der Waals surface area (Å²) in [5, 5.41) is 0. The number of hydrogen-bond donors (Lipinski definition) is 0. The maximum Gasteiger partial charge on any atom is 0.212 e. The minimum Gasteiger partial charge on any atom is -0.481 e. The van der Waals surface area contributed by atoms with Crippen LogP contribution in [0.15, 0.2) is 18.3 Å². The largest absolute Gasteiger partial charge is 0.481 e. The zero-order valence-corrected chi connectivity index (χ0v) is 9.66. The highest BCUT2D eigenvalue weighted by atomic mass is 16.5. The Hall–Kier alpha value is -1.05. The van der Waals surface area contributed by atoms with Gasteiger partial charge in [0.2, 0.25) is 5.88 Å². The smallest absolute Gasteiger partial charge is 0.212 e. The van der Waals surface area contributed by atoms with Crippen molar-refractivity contribution in [2.75, 3.05) is 7.11 Å². The summed E-state index contributed by atoms with van der Waals surface area (Å²) in [5.74, 6) is 1.18. The molecule has 1 unspecified atom stereocenters. The molecule has 0 amide bonds. The monoisotopic (exact) mass is 193 g/mol. The number of pyridine rings is 1. The normalized spacial score (nSPS) is 13.8. The van der Waals surface area contributed by atoms with E-state index in [1.807, 2.05) is 12.3 Å². The second-order valence-electron chi connectivity index (χ2n) is 4.72. The van der Waals surface area contributed by atoms with E-state index in [2.05, 4.69) is 38.7 Å². The second kappa shape index (κ2) is 3.99. The summed E-state index contributed by atoms with van der Waals surface area (Å²) in [5.41, 5.74) is 1.54. The average molecular weight is 193 g/mol. The highest BCUT2D eigenvalue weighted by molar-refractivity contribution is 5.22. The summed E-state index contributed by atoms with van der Waals surface area (Å²) in [6.45, 7) is 8.94. The first-order valence-corrected chi connectivity index (χ1v) is 4.95. The number of hydrogen-bond acceptors (Lipinski definition) is 2. The minimum atomic E-state index is 0.274. The van der Waals surface area contributed by atoms with Crippen LogP contribution in [0.1, 0.15) is 39.2 Å². The number of rotatable bonds is 2. The van der Waals surface area contributed by atoms with Crippen molar-refractivity contribution in [1.29, 1.82) is 0 Å². The molecule has 0 aromatic carbocycles. The third-order valence-corrected chi connectivity index (χ3v) is 2.77. The van der Waals surface area contributed by atoms with Gasteiger partial charge < -0.3 is 4.74 Å². The van der Waals surface area contributed by atoms with Crippen LogP contribution in [0.5, 0.6) is 5.88 Å². The van der Waals surface area contributed by atoms with E-state index in [0.29, 0.717) is 11.8 Å². The van der Waals surface area contributed by atoms with Crippen LogP contribution in [0.4, 0.5) is 0 Å². The quantitative estimate of drug-likeness (QED) is 0.719. The van der Waals surface area contributed by atoms with Crippen molar-refractivity contribution in [3.05, 3.63) is 23.9 Å². The lowest BCUT2D eigenvalue weighted by Gasteiger charge is -2.27. The first-order chi connectivity index (χ1) is 6.45. The summed E-state index contributed by atoms with van der Waals surface area (Å²) in [4.78, 5) is 4.21.